The third-order valence-electron chi connectivity index (χ3n) is 3.52. The second-order valence-electron chi connectivity index (χ2n) is 4.89. The van der Waals surface area contributed by atoms with Crippen molar-refractivity contribution in [3.05, 3.63) is 63.0 Å². The molecule has 0 atom stereocenters. The predicted octanol–water partition coefficient (Wildman–Crippen LogP) is 3.38. The zero-order valence-corrected chi connectivity index (χ0v) is 12.4. The molecule has 3 nitrogen and oxygen atoms in total. The first-order chi connectivity index (χ1) is 9.69. The van der Waals surface area contributed by atoms with Gasteiger partial charge in [0, 0.05) is 4.88 Å². The van der Waals surface area contributed by atoms with E-state index in [0.717, 1.165) is 22.2 Å². The van der Waals surface area contributed by atoms with Crippen molar-refractivity contribution >= 4 is 21.6 Å². The fourth-order valence-corrected chi connectivity index (χ4v) is 3.19. The van der Waals surface area contributed by atoms with Crippen LogP contribution in [0.1, 0.15) is 22.9 Å². The van der Waals surface area contributed by atoms with Crippen LogP contribution in [0.25, 0.3) is 10.2 Å². The first-order valence-electron chi connectivity index (χ1n) is 6.71. The average molecular weight is 284 g/mol. The van der Waals surface area contributed by atoms with Gasteiger partial charge in [0.15, 0.2) is 0 Å². The van der Waals surface area contributed by atoms with E-state index in [1.807, 2.05) is 18.2 Å². The summed E-state index contributed by atoms with van der Waals surface area (Å²) in [7, 11) is 0. The summed E-state index contributed by atoms with van der Waals surface area (Å²) in [6.07, 6.45) is 2.60. The maximum atomic E-state index is 12.5. The van der Waals surface area contributed by atoms with Gasteiger partial charge in [0.1, 0.15) is 4.83 Å². The van der Waals surface area contributed by atoms with Crippen molar-refractivity contribution in [3.63, 3.8) is 0 Å². The Hall–Kier alpha value is -1.94. The molecule has 0 aliphatic heterocycles. The van der Waals surface area contributed by atoms with Crippen molar-refractivity contribution < 1.29 is 0 Å². The molecule has 0 bridgehead atoms. The minimum absolute atomic E-state index is 0.0502. The molecule has 20 heavy (non-hydrogen) atoms. The molecule has 0 N–H and O–H groups in total. The number of benzene rings is 1. The Morgan fingerprint density at radius 1 is 1.30 bits per heavy atom. The summed E-state index contributed by atoms with van der Waals surface area (Å²) < 4.78 is 1.69. The fraction of sp³-hybridized carbons (Fsp3) is 0.250. The van der Waals surface area contributed by atoms with E-state index < -0.39 is 0 Å². The predicted molar refractivity (Wildman–Crippen MR) is 83.5 cm³/mol. The van der Waals surface area contributed by atoms with Gasteiger partial charge in [-0.05, 0) is 30.5 Å². The highest BCUT2D eigenvalue weighted by Gasteiger charge is 2.09. The molecule has 102 valence electrons. The third-order valence-corrected chi connectivity index (χ3v) is 4.71. The number of fused-ring (bicyclic) bond motifs is 1. The number of aryl methyl sites for hydroxylation is 2. The Balaban J connectivity index is 2.06. The number of aromatic nitrogens is 2. The quantitative estimate of drug-likeness (QED) is 0.739. The summed E-state index contributed by atoms with van der Waals surface area (Å²) in [5.74, 6) is 0. The van der Waals surface area contributed by atoms with E-state index in [0.29, 0.717) is 6.54 Å². The zero-order valence-electron chi connectivity index (χ0n) is 11.6. The fourth-order valence-electron chi connectivity index (χ4n) is 2.27. The van der Waals surface area contributed by atoms with Crippen LogP contribution in [0.4, 0.5) is 0 Å². The summed E-state index contributed by atoms with van der Waals surface area (Å²) in [4.78, 5) is 19.0. The lowest BCUT2D eigenvalue weighted by Crippen LogP contribution is -2.20. The molecule has 0 aliphatic rings. The van der Waals surface area contributed by atoms with Crippen molar-refractivity contribution in [1.82, 2.24) is 9.55 Å². The highest BCUT2D eigenvalue weighted by Crippen LogP contribution is 2.21. The van der Waals surface area contributed by atoms with Crippen molar-refractivity contribution in [1.29, 1.82) is 0 Å². The normalized spacial score (nSPS) is 11.1. The molecule has 0 saturated heterocycles. The second-order valence-corrected chi connectivity index (χ2v) is 6.00. The number of nitrogens with zero attached hydrogens (tertiary/aromatic N) is 2. The molecular weight excluding hydrogens is 268 g/mol. The van der Waals surface area contributed by atoms with Gasteiger partial charge in [-0.2, -0.15) is 0 Å². The second kappa shape index (κ2) is 5.21. The molecule has 0 radical (unpaired) electrons. The Morgan fingerprint density at radius 3 is 2.85 bits per heavy atom. The highest BCUT2D eigenvalue weighted by molar-refractivity contribution is 7.18. The van der Waals surface area contributed by atoms with E-state index in [4.69, 9.17) is 0 Å². The molecule has 0 fully saturated rings. The monoisotopic (exact) mass is 284 g/mol. The van der Waals surface area contributed by atoms with Gasteiger partial charge < -0.3 is 0 Å². The van der Waals surface area contributed by atoms with Crippen LogP contribution in [0.2, 0.25) is 0 Å². The lowest BCUT2D eigenvalue weighted by Gasteiger charge is -2.07. The van der Waals surface area contributed by atoms with Gasteiger partial charge in [0.2, 0.25) is 0 Å². The number of rotatable bonds is 3. The Morgan fingerprint density at radius 2 is 2.10 bits per heavy atom. The first-order valence-corrected chi connectivity index (χ1v) is 7.53. The molecule has 2 heterocycles. The molecule has 0 amide bonds. The average Bonchev–Trinajstić information content (AvgIpc) is 2.88. The van der Waals surface area contributed by atoms with Gasteiger partial charge in [0.25, 0.3) is 5.56 Å². The molecule has 3 rings (SSSR count). The Bertz CT molecular complexity index is 817. The number of hydrogen-bond acceptors (Lipinski definition) is 3. The van der Waals surface area contributed by atoms with Crippen LogP contribution in [0, 0.1) is 6.92 Å². The molecule has 0 saturated carbocycles. The van der Waals surface area contributed by atoms with Crippen molar-refractivity contribution in [2.75, 3.05) is 0 Å². The largest absolute Gasteiger partial charge is 0.294 e. The first kappa shape index (κ1) is 13.1. The molecule has 0 aliphatic carbocycles. The van der Waals surface area contributed by atoms with Gasteiger partial charge in [-0.15, -0.1) is 11.3 Å². The molecule has 0 spiro atoms. The molecule has 1 aromatic carbocycles. The number of thiophene rings is 1. The molecule has 4 heteroatoms. The number of hydrogen-bond donors (Lipinski definition) is 0. The van der Waals surface area contributed by atoms with Crippen LogP contribution in [-0.2, 0) is 13.0 Å². The molecular formula is C16H16N2OS. The minimum Gasteiger partial charge on any atom is -0.294 e. The summed E-state index contributed by atoms with van der Waals surface area (Å²) in [5.41, 5.74) is 2.40. The van der Waals surface area contributed by atoms with Gasteiger partial charge in [0.05, 0.1) is 18.3 Å². The van der Waals surface area contributed by atoms with Crippen LogP contribution >= 0.6 is 11.3 Å². The maximum Gasteiger partial charge on any atom is 0.262 e. The van der Waals surface area contributed by atoms with E-state index in [9.17, 15) is 4.79 Å². The molecule has 0 unspecified atom stereocenters. The van der Waals surface area contributed by atoms with Gasteiger partial charge in [-0.25, -0.2) is 4.98 Å². The lowest BCUT2D eigenvalue weighted by atomic mass is 10.1. The van der Waals surface area contributed by atoms with E-state index in [1.165, 1.54) is 10.4 Å². The van der Waals surface area contributed by atoms with Gasteiger partial charge in [-0.3, -0.25) is 9.36 Å². The summed E-state index contributed by atoms with van der Waals surface area (Å²) in [5, 5.41) is 0.739. The van der Waals surface area contributed by atoms with E-state index in [1.54, 1.807) is 22.2 Å². The van der Waals surface area contributed by atoms with Crippen LogP contribution in [0.15, 0.2) is 41.5 Å². The topological polar surface area (TPSA) is 34.9 Å². The standard InChI is InChI=1S/C16H16N2OS/c1-3-13-8-14-15(20-13)17-10-18(16(14)19)9-12-7-5-4-6-11(12)2/h4-8,10H,3,9H2,1-2H3. The minimum atomic E-state index is 0.0502. The van der Waals surface area contributed by atoms with Crippen molar-refractivity contribution in [3.8, 4) is 0 Å². The van der Waals surface area contributed by atoms with E-state index in [-0.39, 0.29) is 5.56 Å². The SMILES string of the molecule is CCc1cc2c(=O)n(Cc3ccccc3C)cnc2s1. The summed E-state index contributed by atoms with van der Waals surface area (Å²) >= 11 is 1.61. The zero-order chi connectivity index (χ0) is 14.1. The lowest BCUT2D eigenvalue weighted by molar-refractivity contribution is 0.745. The smallest absolute Gasteiger partial charge is 0.262 e. The van der Waals surface area contributed by atoms with Gasteiger partial charge in [-0.1, -0.05) is 31.2 Å². The summed E-state index contributed by atoms with van der Waals surface area (Å²) in [6, 6.07) is 10.1. The van der Waals surface area contributed by atoms with Crippen LogP contribution in [-0.4, -0.2) is 9.55 Å². The van der Waals surface area contributed by atoms with Crippen molar-refractivity contribution in [2.24, 2.45) is 0 Å². The van der Waals surface area contributed by atoms with Crippen molar-refractivity contribution in [2.45, 2.75) is 26.8 Å². The van der Waals surface area contributed by atoms with Gasteiger partial charge >= 0.3 is 0 Å². The highest BCUT2D eigenvalue weighted by atomic mass is 32.1. The summed E-state index contributed by atoms with van der Waals surface area (Å²) in [6.45, 7) is 4.73. The van der Waals surface area contributed by atoms with E-state index in [2.05, 4.69) is 31.0 Å². The van der Waals surface area contributed by atoms with Crippen LogP contribution in [0.5, 0.6) is 0 Å². The molecule has 2 aromatic heterocycles. The van der Waals surface area contributed by atoms with Crippen LogP contribution in [0.3, 0.4) is 0 Å². The molecule has 3 aromatic rings. The van der Waals surface area contributed by atoms with Crippen LogP contribution < -0.4 is 5.56 Å². The third kappa shape index (κ3) is 2.27. The Labute approximate surface area is 121 Å². The Kier molecular flexibility index (Phi) is 3.40. The van der Waals surface area contributed by atoms with E-state index >= 15 is 0 Å². The maximum absolute atomic E-state index is 12.5.